The lowest BCUT2D eigenvalue weighted by atomic mass is 9.84. The summed E-state index contributed by atoms with van der Waals surface area (Å²) in [6, 6.07) is 0.913. The molecule has 4 aliphatic rings. The summed E-state index contributed by atoms with van der Waals surface area (Å²) in [7, 11) is 0. The van der Waals surface area contributed by atoms with Gasteiger partial charge in [0.15, 0.2) is 0 Å². The number of hydrogen-bond acceptors (Lipinski definition) is 2. The zero-order valence-electron chi connectivity index (χ0n) is 10.5. The van der Waals surface area contributed by atoms with Crippen LogP contribution < -0.4 is 0 Å². The molecular weight excluding hydrogens is 212 g/mol. The van der Waals surface area contributed by atoms with Gasteiger partial charge < -0.3 is 4.90 Å². The fourth-order valence-corrected chi connectivity index (χ4v) is 3.86. The van der Waals surface area contributed by atoms with Crippen molar-refractivity contribution in [2.24, 2.45) is 17.8 Å². The van der Waals surface area contributed by atoms with E-state index in [0.29, 0.717) is 11.8 Å². The molecule has 3 heteroatoms. The number of rotatable bonds is 2. The van der Waals surface area contributed by atoms with Crippen LogP contribution in [0, 0.1) is 17.8 Å². The van der Waals surface area contributed by atoms with Gasteiger partial charge >= 0.3 is 0 Å². The van der Waals surface area contributed by atoms with Gasteiger partial charge in [-0.05, 0) is 37.5 Å². The number of likely N-dealkylation sites (tertiary alicyclic amines) is 2. The van der Waals surface area contributed by atoms with Crippen molar-refractivity contribution in [2.75, 3.05) is 26.2 Å². The van der Waals surface area contributed by atoms with E-state index in [2.05, 4.69) is 9.80 Å². The minimum atomic E-state index is 0.397. The number of fused-ring (bicyclic) bond motifs is 1. The van der Waals surface area contributed by atoms with Gasteiger partial charge in [0.25, 0.3) is 0 Å². The summed E-state index contributed by atoms with van der Waals surface area (Å²) >= 11 is 0. The second-order valence-electron chi connectivity index (χ2n) is 6.58. The molecule has 4 fully saturated rings. The average molecular weight is 234 g/mol. The van der Waals surface area contributed by atoms with Crippen molar-refractivity contribution in [3.05, 3.63) is 0 Å². The minimum Gasteiger partial charge on any atom is -0.342 e. The molecule has 0 aromatic heterocycles. The fraction of sp³-hybridized carbons (Fsp3) is 0.929. The van der Waals surface area contributed by atoms with Crippen LogP contribution in [0.5, 0.6) is 0 Å². The lowest BCUT2D eigenvalue weighted by Gasteiger charge is -2.30. The summed E-state index contributed by atoms with van der Waals surface area (Å²) in [6.45, 7) is 4.65. The molecule has 0 bridgehead atoms. The van der Waals surface area contributed by atoms with E-state index >= 15 is 0 Å². The Morgan fingerprint density at radius 3 is 2.00 bits per heavy atom. The van der Waals surface area contributed by atoms with Crippen LogP contribution in [0.15, 0.2) is 0 Å². The van der Waals surface area contributed by atoms with Crippen molar-refractivity contribution >= 4 is 5.91 Å². The van der Waals surface area contributed by atoms with Crippen LogP contribution in [0.1, 0.15) is 32.1 Å². The van der Waals surface area contributed by atoms with Crippen LogP contribution in [0.3, 0.4) is 0 Å². The maximum atomic E-state index is 12.2. The highest BCUT2D eigenvalue weighted by Crippen LogP contribution is 2.39. The van der Waals surface area contributed by atoms with Gasteiger partial charge in [-0.2, -0.15) is 0 Å². The van der Waals surface area contributed by atoms with Crippen molar-refractivity contribution in [1.29, 1.82) is 0 Å². The van der Waals surface area contributed by atoms with E-state index in [0.717, 1.165) is 43.8 Å². The zero-order valence-corrected chi connectivity index (χ0v) is 10.5. The maximum absolute atomic E-state index is 12.2. The second kappa shape index (κ2) is 3.71. The van der Waals surface area contributed by atoms with Crippen molar-refractivity contribution in [2.45, 2.75) is 38.1 Å². The van der Waals surface area contributed by atoms with Crippen molar-refractivity contribution < 1.29 is 4.79 Å². The Bertz CT molecular complexity index is 321. The monoisotopic (exact) mass is 234 g/mol. The highest BCUT2D eigenvalue weighted by Gasteiger charge is 2.46. The molecule has 17 heavy (non-hydrogen) atoms. The van der Waals surface area contributed by atoms with Crippen molar-refractivity contribution in [3.63, 3.8) is 0 Å². The van der Waals surface area contributed by atoms with Gasteiger partial charge in [-0.25, -0.2) is 0 Å². The molecule has 3 nitrogen and oxygen atoms in total. The number of carbonyl (C=O) groups excluding carboxylic acids is 1. The highest BCUT2D eigenvalue weighted by molar-refractivity contribution is 5.79. The molecule has 2 aliphatic carbocycles. The fourth-order valence-electron chi connectivity index (χ4n) is 3.86. The summed E-state index contributed by atoms with van der Waals surface area (Å²) in [5, 5.41) is 0. The summed E-state index contributed by atoms with van der Waals surface area (Å²) in [5.41, 5.74) is 0. The predicted molar refractivity (Wildman–Crippen MR) is 65.5 cm³/mol. The van der Waals surface area contributed by atoms with Crippen molar-refractivity contribution in [1.82, 2.24) is 9.80 Å². The number of carbonyl (C=O) groups is 1. The Kier molecular flexibility index (Phi) is 2.26. The number of amides is 1. The summed E-state index contributed by atoms with van der Waals surface area (Å²) < 4.78 is 0. The van der Waals surface area contributed by atoms with E-state index < -0.39 is 0 Å². The summed E-state index contributed by atoms with van der Waals surface area (Å²) in [6.07, 6.45) is 6.42. The van der Waals surface area contributed by atoms with Crippen LogP contribution in [0.4, 0.5) is 0 Å². The summed E-state index contributed by atoms with van der Waals surface area (Å²) in [4.78, 5) is 17.1. The first-order valence-corrected chi connectivity index (χ1v) is 7.34. The zero-order chi connectivity index (χ0) is 11.4. The molecule has 0 N–H and O–H groups in total. The molecule has 2 heterocycles. The lowest BCUT2D eigenvalue weighted by Crippen LogP contribution is -2.39. The minimum absolute atomic E-state index is 0.397. The molecule has 4 rings (SSSR count). The van der Waals surface area contributed by atoms with Gasteiger partial charge in [-0.3, -0.25) is 9.69 Å². The molecule has 94 valence electrons. The van der Waals surface area contributed by atoms with Gasteiger partial charge in [0, 0.05) is 38.1 Å². The van der Waals surface area contributed by atoms with Gasteiger partial charge in [0.1, 0.15) is 0 Å². The molecule has 1 amide bonds. The maximum Gasteiger partial charge on any atom is 0.225 e. The Balaban J connectivity index is 1.36. The Labute approximate surface area is 103 Å². The predicted octanol–water partition coefficient (Wildman–Crippen LogP) is 1.34. The molecule has 2 saturated carbocycles. The summed E-state index contributed by atoms with van der Waals surface area (Å²) in [5.74, 6) is 2.45. The van der Waals surface area contributed by atoms with Gasteiger partial charge in [-0.1, -0.05) is 6.42 Å². The third-order valence-electron chi connectivity index (χ3n) is 5.34. The molecule has 2 saturated heterocycles. The van der Waals surface area contributed by atoms with Gasteiger partial charge in [-0.15, -0.1) is 0 Å². The molecule has 0 aromatic carbocycles. The van der Waals surface area contributed by atoms with Crippen LogP contribution in [0.25, 0.3) is 0 Å². The Morgan fingerprint density at radius 2 is 1.53 bits per heavy atom. The van der Waals surface area contributed by atoms with E-state index in [-0.39, 0.29) is 0 Å². The largest absolute Gasteiger partial charge is 0.342 e. The van der Waals surface area contributed by atoms with Gasteiger partial charge in [0.05, 0.1) is 0 Å². The smallest absolute Gasteiger partial charge is 0.225 e. The first-order valence-electron chi connectivity index (χ1n) is 7.34. The highest BCUT2D eigenvalue weighted by atomic mass is 16.2. The molecular formula is C14H22N2O. The number of nitrogens with zero attached hydrogens (tertiary/aromatic N) is 2. The Morgan fingerprint density at radius 1 is 0.882 bits per heavy atom. The number of hydrogen-bond donors (Lipinski definition) is 0. The molecule has 0 radical (unpaired) electrons. The topological polar surface area (TPSA) is 23.6 Å². The van der Waals surface area contributed by atoms with Crippen LogP contribution in [-0.2, 0) is 4.79 Å². The molecule has 2 unspecified atom stereocenters. The second-order valence-corrected chi connectivity index (χ2v) is 6.58. The average Bonchev–Trinajstić information content (AvgIpc) is 2.87. The van der Waals surface area contributed by atoms with Crippen molar-refractivity contribution in [3.8, 4) is 0 Å². The van der Waals surface area contributed by atoms with Crippen LogP contribution in [-0.4, -0.2) is 47.9 Å². The molecule has 2 aliphatic heterocycles. The molecule has 2 atom stereocenters. The normalized spacial score (nSPS) is 38.2. The van der Waals surface area contributed by atoms with E-state index in [4.69, 9.17) is 0 Å². The van der Waals surface area contributed by atoms with E-state index in [9.17, 15) is 4.79 Å². The third kappa shape index (κ3) is 1.70. The van der Waals surface area contributed by atoms with E-state index in [1.165, 1.54) is 32.4 Å². The quantitative estimate of drug-likeness (QED) is 0.720. The van der Waals surface area contributed by atoms with Crippen LogP contribution >= 0.6 is 0 Å². The Hall–Kier alpha value is -0.570. The molecule has 0 aromatic rings. The first kappa shape index (κ1) is 10.4. The van der Waals surface area contributed by atoms with Gasteiger partial charge in [0.2, 0.25) is 5.91 Å². The standard InChI is InChI=1S/C14H22N2O/c17-14(10-2-1-3-10)16-8-11-6-15(13-4-5-13)7-12(11)9-16/h10-13H,1-9H2. The third-order valence-corrected chi connectivity index (χ3v) is 5.34. The lowest BCUT2D eigenvalue weighted by molar-refractivity contribution is -0.137. The van der Waals surface area contributed by atoms with E-state index in [1.54, 1.807) is 0 Å². The van der Waals surface area contributed by atoms with Crippen LogP contribution in [0.2, 0.25) is 0 Å². The first-order chi connectivity index (χ1) is 8.31. The van der Waals surface area contributed by atoms with E-state index in [1.807, 2.05) is 0 Å². The molecule has 0 spiro atoms. The SMILES string of the molecule is O=C(C1CCC1)N1CC2CN(C3CC3)CC2C1.